The van der Waals surface area contributed by atoms with Crippen LogP contribution < -0.4 is 0 Å². The minimum Gasteiger partial charge on any atom is -0.454 e. The Kier molecular flexibility index (Phi) is 6.21. The third kappa shape index (κ3) is 4.82. The van der Waals surface area contributed by atoms with E-state index in [1.807, 2.05) is 0 Å². The van der Waals surface area contributed by atoms with Gasteiger partial charge >= 0.3 is 5.97 Å². The molecule has 1 aliphatic heterocycles. The Labute approximate surface area is 165 Å². The minimum atomic E-state index is -3.65. The smallest absolute Gasteiger partial charge is 0.328 e. The number of ether oxygens (including phenoxy) is 1. The predicted molar refractivity (Wildman–Crippen MR) is 95.6 cm³/mol. The Hall–Kier alpha value is -2.57. The number of benzene rings is 1. The van der Waals surface area contributed by atoms with Crippen LogP contribution in [0.15, 0.2) is 35.5 Å². The molecule has 1 saturated heterocycles. The Morgan fingerprint density at radius 2 is 1.79 bits per heavy atom. The second-order valence-electron chi connectivity index (χ2n) is 5.91. The van der Waals surface area contributed by atoms with Gasteiger partial charge in [0.1, 0.15) is 12.9 Å². The molecular weight excluding hydrogens is 412 g/mol. The van der Waals surface area contributed by atoms with Gasteiger partial charge < -0.3 is 9.64 Å². The molecule has 13 heteroatoms. The van der Waals surface area contributed by atoms with Gasteiger partial charge in [0.15, 0.2) is 6.61 Å². The van der Waals surface area contributed by atoms with Gasteiger partial charge in [-0.3, -0.25) is 9.59 Å². The Morgan fingerprint density at radius 3 is 2.39 bits per heavy atom. The zero-order chi connectivity index (χ0) is 20.1. The second-order valence-corrected chi connectivity index (χ2v) is 8.28. The van der Waals surface area contributed by atoms with Crippen molar-refractivity contribution in [1.82, 2.24) is 29.4 Å². The highest BCUT2D eigenvalue weighted by Gasteiger charge is 2.30. The number of hydrogen-bond donors (Lipinski definition) is 0. The number of piperazine rings is 1. The van der Waals surface area contributed by atoms with Crippen molar-refractivity contribution in [3.63, 3.8) is 0 Å². The van der Waals surface area contributed by atoms with Crippen LogP contribution in [0.3, 0.4) is 0 Å². The summed E-state index contributed by atoms with van der Waals surface area (Å²) in [4.78, 5) is 25.4. The summed E-state index contributed by atoms with van der Waals surface area (Å²) in [5.74, 6) is -1.04. The maximum absolute atomic E-state index is 12.6. The number of aromatic nitrogens is 4. The number of halogens is 1. The van der Waals surface area contributed by atoms with Gasteiger partial charge in [0.05, 0.1) is 4.90 Å². The molecular formula is C15H17ClN6O5S. The van der Waals surface area contributed by atoms with Gasteiger partial charge in [-0.1, -0.05) is 11.6 Å². The molecule has 1 aliphatic rings. The number of rotatable bonds is 6. The van der Waals surface area contributed by atoms with Gasteiger partial charge in [0, 0.05) is 31.2 Å². The molecule has 0 spiro atoms. The summed E-state index contributed by atoms with van der Waals surface area (Å²) in [6, 6.07) is 5.91. The number of carbonyl (C=O) groups is 2. The lowest BCUT2D eigenvalue weighted by Gasteiger charge is -2.33. The molecule has 150 valence electrons. The molecule has 2 aromatic rings. The number of amides is 1. The Balaban J connectivity index is 1.48. The molecule has 0 saturated carbocycles. The number of tetrazole rings is 1. The van der Waals surface area contributed by atoms with E-state index in [-0.39, 0.29) is 37.6 Å². The Morgan fingerprint density at radius 1 is 1.11 bits per heavy atom. The fraction of sp³-hybridized carbons (Fsp3) is 0.400. The highest BCUT2D eigenvalue weighted by Crippen LogP contribution is 2.19. The van der Waals surface area contributed by atoms with Crippen LogP contribution in [0, 0.1) is 0 Å². The fourth-order valence-corrected chi connectivity index (χ4v) is 4.15. The van der Waals surface area contributed by atoms with Crippen LogP contribution in [-0.4, -0.2) is 82.5 Å². The van der Waals surface area contributed by atoms with Crippen LogP contribution in [0.25, 0.3) is 0 Å². The van der Waals surface area contributed by atoms with Crippen LogP contribution in [0.1, 0.15) is 0 Å². The molecule has 28 heavy (non-hydrogen) atoms. The summed E-state index contributed by atoms with van der Waals surface area (Å²) < 4.78 is 32.7. The summed E-state index contributed by atoms with van der Waals surface area (Å²) >= 11 is 5.79. The highest BCUT2D eigenvalue weighted by atomic mass is 35.5. The lowest BCUT2D eigenvalue weighted by Crippen LogP contribution is -2.51. The molecule has 0 unspecified atom stereocenters. The third-order valence-electron chi connectivity index (χ3n) is 4.08. The number of hydrogen-bond acceptors (Lipinski definition) is 8. The Bertz CT molecular complexity index is 926. The normalized spacial score (nSPS) is 15.4. The number of esters is 1. The van der Waals surface area contributed by atoms with Gasteiger partial charge in [0.25, 0.3) is 5.91 Å². The summed E-state index contributed by atoms with van der Waals surface area (Å²) in [7, 11) is -3.65. The van der Waals surface area contributed by atoms with E-state index in [0.29, 0.717) is 5.02 Å². The maximum Gasteiger partial charge on any atom is 0.328 e. The van der Waals surface area contributed by atoms with Crippen molar-refractivity contribution >= 4 is 33.5 Å². The van der Waals surface area contributed by atoms with E-state index in [0.717, 1.165) is 0 Å². The topological polar surface area (TPSA) is 128 Å². The van der Waals surface area contributed by atoms with E-state index in [1.54, 1.807) is 0 Å². The molecule has 1 aromatic heterocycles. The third-order valence-corrected chi connectivity index (χ3v) is 6.25. The van der Waals surface area contributed by atoms with Crippen LogP contribution in [0.5, 0.6) is 0 Å². The molecule has 11 nitrogen and oxygen atoms in total. The van der Waals surface area contributed by atoms with Crippen molar-refractivity contribution in [2.24, 2.45) is 0 Å². The van der Waals surface area contributed by atoms with E-state index >= 15 is 0 Å². The standard InChI is InChI=1S/C15H17ClN6O5S/c16-12-1-3-13(4-2-12)28(25,26)22-7-5-20(6-8-22)14(23)10-27-15(24)9-21-11-17-18-19-21/h1-4,11H,5-10H2. The average molecular weight is 429 g/mol. The molecule has 0 radical (unpaired) electrons. The fourth-order valence-electron chi connectivity index (χ4n) is 2.60. The number of sulfonamides is 1. The van der Waals surface area contributed by atoms with Gasteiger partial charge in [0.2, 0.25) is 10.0 Å². The molecule has 0 N–H and O–H groups in total. The first-order valence-electron chi connectivity index (χ1n) is 8.26. The number of carbonyl (C=O) groups excluding carboxylic acids is 2. The summed E-state index contributed by atoms with van der Waals surface area (Å²) in [6.45, 7) is 0.0786. The summed E-state index contributed by atoms with van der Waals surface area (Å²) in [5.41, 5.74) is 0. The van der Waals surface area contributed by atoms with Crippen LogP contribution in [-0.2, 0) is 30.9 Å². The van der Waals surface area contributed by atoms with Gasteiger partial charge in [-0.2, -0.15) is 4.31 Å². The lowest BCUT2D eigenvalue weighted by atomic mass is 10.3. The number of nitrogens with zero attached hydrogens (tertiary/aromatic N) is 6. The maximum atomic E-state index is 12.6. The van der Waals surface area contributed by atoms with Crippen molar-refractivity contribution in [2.45, 2.75) is 11.4 Å². The lowest BCUT2D eigenvalue weighted by molar-refractivity contribution is -0.153. The van der Waals surface area contributed by atoms with Crippen molar-refractivity contribution in [3.05, 3.63) is 35.6 Å². The van der Waals surface area contributed by atoms with Crippen molar-refractivity contribution in [3.8, 4) is 0 Å². The highest BCUT2D eigenvalue weighted by molar-refractivity contribution is 7.89. The first kappa shape index (κ1) is 20.2. The average Bonchev–Trinajstić information content (AvgIpc) is 3.19. The molecule has 0 atom stereocenters. The van der Waals surface area contributed by atoms with E-state index in [2.05, 4.69) is 15.5 Å². The zero-order valence-electron chi connectivity index (χ0n) is 14.6. The molecule has 1 fully saturated rings. The largest absolute Gasteiger partial charge is 0.454 e. The summed E-state index contributed by atoms with van der Waals surface area (Å²) in [6.07, 6.45) is 1.25. The quantitative estimate of drug-likeness (QED) is 0.558. The van der Waals surface area contributed by atoms with Crippen LogP contribution in [0.2, 0.25) is 5.02 Å². The molecule has 1 amide bonds. The van der Waals surface area contributed by atoms with Gasteiger partial charge in [-0.25, -0.2) is 13.1 Å². The molecule has 0 bridgehead atoms. The molecule has 2 heterocycles. The van der Waals surface area contributed by atoms with Gasteiger partial charge in [-0.15, -0.1) is 5.10 Å². The van der Waals surface area contributed by atoms with E-state index in [9.17, 15) is 18.0 Å². The van der Waals surface area contributed by atoms with Gasteiger partial charge in [-0.05, 0) is 34.7 Å². The SMILES string of the molecule is O=C(Cn1cnnn1)OCC(=O)N1CCN(S(=O)(=O)c2ccc(Cl)cc2)CC1. The van der Waals surface area contributed by atoms with Crippen molar-refractivity contribution < 1.29 is 22.7 Å². The van der Waals surface area contributed by atoms with Crippen molar-refractivity contribution in [2.75, 3.05) is 32.8 Å². The first-order valence-corrected chi connectivity index (χ1v) is 10.1. The van der Waals surface area contributed by atoms with E-state index in [1.165, 1.54) is 44.5 Å². The van der Waals surface area contributed by atoms with Crippen LogP contribution in [0.4, 0.5) is 0 Å². The minimum absolute atomic E-state index is 0.146. The monoisotopic (exact) mass is 428 g/mol. The molecule has 0 aliphatic carbocycles. The van der Waals surface area contributed by atoms with E-state index in [4.69, 9.17) is 16.3 Å². The second kappa shape index (κ2) is 8.63. The summed E-state index contributed by atoms with van der Waals surface area (Å²) in [5, 5.41) is 10.7. The zero-order valence-corrected chi connectivity index (χ0v) is 16.2. The van der Waals surface area contributed by atoms with Crippen LogP contribution >= 0.6 is 11.6 Å². The van der Waals surface area contributed by atoms with Crippen molar-refractivity contribution in [1.29, 1.82) is 0 Å². The predicted octanol–water partition coefficient (Wildman–Crippen LogP) is -0.597. The van der Waals surface area contributed by atoms with E-state index < -0.39 is 28.5 Å². The first-order chi connectivity index (χ1) is 13.4. The molecule has 3 rings (SSSR count). The molecule has 1 aromatic carbocycles.